The number of rotatable bonds is 6. The van der Waals surface area contributed by atoms with Crippen molar-refractivity contribution in [2.24, 2.45) is 0 Å². The summed E-state index contributed by atoms with van der Waals surface area (Å²) in [6.07, 6.45) is 0. The summed E-state index contributed by atoms with van der Waals surface area (Å²) in [5.74, 6) is -1.21. The van der Waals surface area contributed by atoms with Crippen LogP contribution in [0.25, 0.3) is 0 Å². The van der Waals surface area contributed by atoms with E-state index in [0.29, 0.717) is 12.2 Å². The Bertz CT molecular complexity index is 461. The van der Waals surface area contributed by atoms with Crippen molar-refractivity contribution in [2.45, 2.75) is 6.92 Å². The number of aromatic carboxylic acids is 1. The van der Waals surface area contributed by atoms with Crippen LogP contribution >= 0.6 is 0 Å². The SMILES string of the molecule is CCN(CCO)c1ccc(C(=O)O)cc1[N+](=O)[O-]. The van der Waals surface area contributed by atoms with Crippen LogP contribution < -0.4 is 4.90 Å². The van der Waals surface area contributed by atoms with Gasteiger partial charge in [-0.15, -0.1) is 0 Å². The number of carbonyl (C=O) groups is 1. The Morgan fingerprint density at radius 3 is 2.61 bits per heavy atom. The summed E-state index contributed by atoms with van der Waals surface area (Å²) in [7, 11) is 0. The fourth-order valence-corrected chi connectivity index (χ4v) is 1.64. The summed E-state index contributed by atoms with van der Waals surface area (Å²) in [6, 6.07) is 3.73. The van der Waals surface area contributed by atoms with E-state index in [-0.39, 0.29) is 24.4 Å². The van der Waals surface area contributed by atoms with Gasteiger partial charge in [-0.05, 0) is 19.1 Å². The minimum absolute atomic E-state index is 0.133. The summed E-state index contributed by atoms with van der Waals surface area (Å²) in [5.41, 5.74) is -0.0998. The van der Waals surface area contributed by atoms with E-state index in [2.05, 4.69) is 0 Å². The third-order valence-corrected chi connectivity index (χ3v) is 2.51. The third kappa shape index (κ3) is 2.95. The van der Waals surface area contributed by atoms with Crippen LogP contribution in [0.5, 0.6) is 0 Å². The normalized spacial score (nSPS) is 10.1. The number of carboxylic acids is 1. The molecule has 2 N–H and O–H groups in total. The van der Waals surface area contributed by atoms with Gasteiger partial charge in [0, 0.05) is 19.2 Å². The van der Waals surface area contributed by atoms with Crippen LogP contribution in [0.1, 0.15) is 17.3 Å². The highest BCUT2D eigenvalue weighted by Crippen LogP contribution is 2.29. The molecule has 0 fully saturated rings. The highest BCUT2D eigenvalue weighted by Gasteiger charge is 2.20. The molecule has 18 heavy (non-hydrogen) atoms. The van der Waals surface area contributed by atoms with E-state index in [9.17, 15) is 14.9 Å². The molecular formula is C11H14N2O5. The van der Waals surface area contributed by atoms with E-state index >= 15 is 0 Å². The van der Waals surface area contributed by atoms with Gasteiger partial charge in [-0.2, -0.15) is 0 Å². The van der Waals surface area contributed by atoms with Gasteiger partial charge in [0.05, 0.1) is 17.1 Å². The van der Waals surface area contributed by atoms with Crippen molar-refractivity contribution in [3.8, 4) is 0 Å². The summed E-state index contributed by atoms with van der Waals surface area (Å²) in [4.78, 5) is 22.7. The van der Waals surface area contributed by atoms with Crippen molar-refractivity contribution in [2.75, 3.05) is 24.6 Å². The molecule has 0 bridgehead atoms. The van der Waals surface area contributed by atoms with Crippen LogP contribution in [0.3, 0.4) is 0 Å². The molecule has 0 aromatic heterocycles. The number of hydrogen-bond donors (Lipinski definition) is 2. The molecule has 0 unspecified atom stereocenters. The number of carboxylic acid groups (broad SMARTS) is 1. The maximum Gasteiger partial charge on any atom is 0.335 e. The standard InChI is InChI=1S/C11H14N2O5/c1-2-12(5-6-14)9-4-3-8(11(15)16)7-10(9)13(17)18/h3-4,7,14H,2,5-6H2,1H3,(H,15,16). The number of hydrogen-bond acceptors (Lipinski definition) is 5. The molecule has 7 nitrogen and oxygen atoms in total. The van der Waals surface area contributed by atoms with E-state index in [1.54, 1.807) is 11.8 Å². The molecule has 0 saturated heterocycles. The lowest BCUT2D eigenvalue weighted by atomic mass is 10.1. The Balaban J connectivity index is 3.26. The molecule has 0 heterocycles. The molecule has 98 valence electrons. The van der Waals surface area contributed by atoms with Crippen LogP contribution in [0.15, 0.2) is 18.2 Å². The average Bonchev–Trinajstić information content (AvgIpc) is 2.35. The molecule has 0 atom stereocenters. The van der Waals surface area contributed by atoms with Crippen molar-refractivity contribution >= 4 is 17.3 Å². The molecule has 1 aromatic rings. The first-order valence-electron chi connectivity index (χ1n) is 5.38. The molecule has 0 aliphatic carbocycles. The maximum atomic E-state index is 10.9. The third-order valence-electron chi connectivity index (χ3n) is 2.51. The molecule has 0 aliphatic rings. The van der Waals surface area contributed by atoms with Gasteiger partial charge in [0.15, 0.2) is 0 Å². The number of likely N-dealkylation sites (N-methyl/N-ethyl adjacent to an activating group) is 1. The van der Waals surface area contributed by atoms with Crippen LogP contribution in [0, 0.1) is 10.1 Å². The Kier molecular flexibility index (Phi) is 4.61. The zero-order valence-corrected chi connectivity index (χ0v) is 9.87. The maximum absolute atomic E-state index is 10.9. The lowest BCUT2D eigenvalue weighted by molar-refractivity contribution is -0.384. The van der Waals surface area contributed by atoms with E-state index in [4.69, 9.17) is 10.2 Å². The summed E-state index contributed by atoms with van der Waals surface area (Å²) in [5, 5.41) is 28.6. The summed E-state index contributed by atoms with van der Waals surface area (Å²) < 4.78 is 0. The molecule has 1 rings (SSSR count). The fraction of sp³-hybridized carbons (Fsp3) is 0.364. The number of nitro groups is 1. The topological polar surface area (TPSA) is 104 Å². The first-order chi connectivity index (χ1) is 8.51. The van der Waals surface area contributed by atoms with Gasteiger partial charge in [-0.25, -0.2) is 4.79 Å². The number of nitro benzene ring substituents is 1. The summed E-state index contributed by atoms with van der Waals surface area (Å²) in [6.45, 7) is 2.40. The minimum Gasteiger partial charge on any atom is -0.478 e. The lowest BCUT2D eigenvalue weighted by Gasteiger charge is -2.21. The predicted molar refractivity (Wildman–Crippen MR) is 65.0 cm³/mol. The monoisotopic (exact) mass is 254 g/mol. The van der Waals surface area contributed by atoms with Crippen LogP contribution in [0.4, 0.5) is 11.4 Å². The second-order valence-corrected chi connectivity index (χ2v) is 3.57. The van der Waals surface area contributed by atoms with E-state index in [0.717, 1.165) is 6.07 Å². The molecule has 7 heteroatoms. The van der Waals surface area contributed by atoms with Gasteiger partial charge in [0.1, 0.15) is 5.69 Å². The van der Waals surface area contributed by atoms with Gasteiger partial charge in [-0.1, -0.05) is 0 Å². The lowest BCUT2D eigenvalue weighted by Crippen LogP contribution is -2.27. The second kappa shape index (κ2) is 5.97. The first kappa shape index (κ1) is 13.9. The molecular weight excluding hydrogens is 240 g/mol. The van der Waals surface area contributed by atoms with Crippen molar-refractivity contribution in [1.29, 1.82) is 0 Å². The number of anilines is 1. The Morgan fingerprint density at radius 1 is 1.50 bits per heavy atom. The Hall–Kier alpha value is -2.15. The van der Waals surface area contributed by atoms with Crippen LogP contribution in [-0.2, 0) is 0 Å². The van der Waals surface area contributed by atoms with Gasteiger partial charge in [-0.3, -0.25) is 10.1 Å². The largest absolute Gasteiger partial charge is 0.478 e. The number of benzene rings is 1. The quantitative estimate of drug-likeness (QED) is 0.582. The average molecular weight is 254 g/mol. The number of aliphatic hydroxyl groups excluding tert-OH is 1. The van der Waals surface area contributed by atoms with Gasteiger partial charge in [0.2, 0.25) is 0 Å². The molecule has 0 saturated carbocycles. The first-order valence-corrected chi connectivity index (χ1v) is 5.38. The molecule has 1 aromatic carbocycles. The van der Waals surface area contributed by atoms with Crippen molar-refractivity contribution < 1.29 is 19.9 Å². The smallest absolute Gasteiger partial charge is 0.335 e. The molecule has 0 spiro atoms. The zero-order chi connectivity index (χ0) is 13.7. The highest BCUT2D eigenvalue weighted by atomic mass is 16.6. The highest BCUT2D eigenvalue weighted by molar-refractivity contribution is 5.89. The zero-order valence-electron chi connectivity index (χ0n) is 9.87. The van der Waals surface area contributed by atoms with Gasteiger partial charge >= 0.3 is 5.97 Å². The van der Waals surface area contributed by atoms with Gasteiger partial charge in [0.25, 0.3) is 5.69 Å². The van der Waals surface area contributed by atoms with Crippen LogP contribution in [0.2, 0.25) is 0 Å². The van der Waals surface area contributed by atoms with E-state index in [1.165, 1.54) is 12.1 Å². The summed E-state index contributed by atoms with van der Waals surface area (Å²) >= 11 is 0. The van der Waals surface area contributed by atoms with Crippen molar-refractivity contribution in [3.63, 3.8) is 0 Å². The van der Waals surface area contributed by atoms with Crippen molar-refractivity contribution in [3.05, 3.63) is 33.9 Å². The fourth-order valence-electron chi connectivity index (χ4n) is 1.64. The van der Waals surface area contributed by atoms with Gasteiger partial charge < -0.3 is 15.1 Å². The molecule has 0 aliphatic heterocycles. The number of aliphatic hydroxyl groups is 1. The minimum atomic E-state index is -1.21. The molecule has 0 amide bonds. The Labute approximate surface area is 103 Å². The van der Waals surface area contributed by atoms with Crippen molar-refractivity contribution in [1.82, 2.24) is 0 Å². The van der Waals surface area contributed by atoms with E-state index < -0.39 is 10.9 Å². The molecule has 0 radical (unpaired) electrons. The predicted octanol–water partition coefficient (Wildman–Crippen LogP) is 1.11. The number of nitrogens with zero attached hydrogens (tertiary/aromatic N) is 2. The Morgan fingerprint density at radius 2 is 2.17 bits per heavy atom. The van der Waals surface area contributed by atoms with Crippen LogP contribution in [-0.4, -0.2) is 40.8 Å². The second-order valence-electron chi connectivity index (χ2n) is 3.57. The van der Waals surface area contributed by atoms with E-state index in [1.807, 2.05) is 0 Å².